The first-order chi connectivity index (χ1) is 8.83. The summed E-state index contributed by atoms with van der Waals surface area (Å²) in [4.78, 5) is 0. The maximum absolute atomic E-state index is 5.72. The number of rotatable bonds is 10. The molecule has 1 saturated heterocycles. The molecular weight excluding hydrogens is 224 g/mol. The third kappa shape index (κ3) is 8.10. The Bertz CT molecular complexity index is 176. The fourth-order valence-corrected chi connectivity index (χ4v) is 2.39. The quantitative estimate of drug-likeness (QED) is 0.517. The molecular formula is C16H32O2. The van der Waals surface area contributed by atoms with Gasteiger partial charge < -0.3 is 9.47 Å². The fourth-order valence-electron chi connectivity index (χ4n) is 2.39. The van der Waals surface area contributed by atoms with Gasteiger partial charge in [-0.15, -0.1) is 0 Å². The van der Waals surface area contributed by atoms with Crippen molar-refractivity contribution in [3.63, 3.8) is 0 Å². The summed E-state index contributed by atoms with van der Waals surface area (Å²) >= 11 is 0. The van der Waals surface area contributed by atoms with Crippen LogP contribution in [-0.2, 0) is 9.47 Å². The van der Waals surface area contributed by atoms with Crippen LogP contribution in [0.25, 0.3) is 0 Å². The van der Waals surface area contributed by atoms with Gasteiger partial charge in [-0.05, 0) is 31.6 Å². The van der Waals surface area contributed by atoms with Gasteiger partial charge in [-0.2, -0.15) is 0 Å². The summed E-state index contributed by atoms with van der Waals surface area (Å²) in [7, 11) is 0. The van der Waals surface area contributed by atoms with E-state index in [-0.39, 0.29) is 6.29 Å². The monoisotopic (exact) mass is 256 g/mol. The van der Waals surface area contributed by atoms with E-state index >= 15 is 0 Å². The van der Waals surface area contributed by atoms with Crippen LogP contribution in [0.15, 0.2) is 0 Å². The van der Waals surface area contributed by atoms with E-state index < -0.39 is 0 Å². The molecule has 0 aromatic carbocycles. The number of hydrogen-bond acceptors (Lipinski definition) is 2. The zero-order chi connectivity index (χ0) is 13.1. The van der Waals surface area contributed by atoms with Crippen LogP contribution < -0.4 is 0 Å². The molecule has 0 aromatic rings. The molecule has 0 radical (unpaired) electrons. The van der Waals surface area contributed by atoms with E-state index in [9.17, 15) is 0 Å². The summed E-state index contributed by atoms with van der Waals surface area (Å²) in [6.07, 6.45) is 13.1. The molecule has 0 amide bonds. The molecule has 0 aromatic heterocycles. The molecule has 0 aliphatic carbocycles. The topological polar surface area (TPSA) is 18.5 Å². The molecule has 2 nitrogen and oxygen atoms in total. The Morgan fingerprint density at radius 2 is 1.89 bits per heavy atom. The van der Waals surface area contributed by atoms with Gasteiger partial charge >= 0.3 is 0 Å². The van der Waals surface area contributed by atoms with E-state index in [1.165, 1.54) is 57.8 Å². The normalized spacial score (nSPS) is 22.0. The van der Waals surface area contributed by atoms with Crippen LogP contribution in [0.2, 0.25) is 0 Å². The van der Waals surface area contributed by atoms with Crippen molar-refractivity contribution < 1.29 is 9.47 Å². The zero-order valence-corrected chi connectivity index (χ0v) is 12.5. The Kier molecular flexibility index (Phi) is 9.59. The third-order valence-electron chi connectivity index (χ3n) is 3.98. The Morgan fingerprint density at radius 1 is 1.11 bits per heavy atom. The molecule has 0 saturated carbocycles. The Morgan fingerprint density at radius 3 is 2.61 bits per heavy atom. The van der Waals surface area contributed by atoms with Gasteiger partial charge in [0.2, 0.25) is 0 Å². The molecule has 1 aliphatic heterocycles. The molecule has 0 spiro atoms. The smallest absolute Gasteiger partial charge is 0.157 e. The fraction of sp³-hybridized carbons (Fsp3) is 1.00. The molecule has 2 atom stereocenters. The Balaban J connectivity index is 1.78. The van der Waals surface area contributed by atoms with Crippen LogP contribution in [0, 0.1) is 5.92 Å². The van der Waals surface area contributed by atoms with Gasteiger partial charge in [-0.1, -0.05) is 52.4 Å². The molecule has 1 fully saturated rings. The highest BCUT2D eigenvalue weighted by molar-refractivity contribution is 4.55. The first-order valence-electron chi connectivity index (χ1n) is 8.06. The van der Waals surface area contributed by atoms with Crippen molar-refractivity contribution in [1.29, 1.82) is 0 Å². The van der Waals surface area contributed by atoms with Gasteiger partial charge in [0.15, 0.2) is 6.29 Å². The minimum Gasteiger partial charge on any atom is -0.353 e. The number of ether oxygens (including phenoxy) is 2. The van der Waals surface area contributed by atoms with Crippen molar-refractivity contribution in [2.24, 2.45) is 5.92 Å². The molecule has 108 valence electrons. The predicted molar refractivity (Wildman–Crippen MR) is 76.7 cm³/mol. The van der Waals surface area contributed by atoms with Crippen LogP contribution in [0.5, 0.6) is 0 Å². The van der Waals surface area contributed by atoms with E-state index in [0.29, 0.717) is 0 Å². The molecule has 2 unspecified atom stereocenters. The van der Waals surface area contributed by atoms with Crippen molar-refractivity contribution in [3.05, 3.63) is 0 Å². The van der Waals surface area contributed by atoms with Crippen molar-refractivity contribution in [1.82, 2.24) is 0 Å². The first kappa shape index (κ1) is 16.0. The second-order valence-corrected chi connectivity index (χ2v) is 5.74. The highest BCUT2D eigenvalue weighted by atomic mass is 16.7. The molecule has 0 bridgehead atoms. The molecule has 0 N–H and O–H groups in total. The zero-order valence-electron chi connectivity index (χ0n) is 12.5. The van der Waals surface area contributed by atoms with Gasteiger partial charge in [0.25, 0.3) is 0 Å². The molecule has 1 rings (SSSR count). The van der Waals surface area contributed by atoms with Gasteiger partial charge in [-0.3, -0.25) is 0 Å². The highest BCUT2D eigenvalue weighted by Crippen LogP contribution is 2.15. The average Bonchev–Trinajstić information content (AvgIpc) is 2.42. The third-order valence-corrected chi connectivity index (χ3v) is 3.98. The van der Waals surface area contributed by atoms with E-state index in [2.05, 4.69) is 13.8 Å². The summed E-state index contributed by atoms with van der Waals surface area (Å²) in [6.45, 7) is 6.42. The average molecular weight is 256 g/mol. The summed E-state index contributed by atoms with van der Waals surface area (Å²) < 4.78 is 11.3. The van der Waals surface area contributed by atoms with E-state index in [1.54, 1.807) is 0 Å². The van der Waals surface area contributed by atoms with Crippen molar-refractivity contribution >= 4 is 0 Å². The maximum atomic E-state index is 5.72. The van der Waals surface area contributed by atoms with E-state index in [1.807, 2.05) is 0 Å². The minimum absolute atomic E-state index is 0.101. The SMILES string of the molecule is CCC(C)CCCCCCCOC1CCCCO1. The number of hydrogen-bond donors (Lipinski definition) is 0. The largest absolute Gasteiger partial charge is 0.353 e. The lowest BCUT2D eigenvalue weighted by Crippen LogP contribution is -2.22. The van der Waals surface area contributed by atoms with Crippen LogP contribution in [0.3, 0.4) is 0 Å². The lowest BCUT2D eigenvalue weighted by Gasteiger charge is -2.22. The second-order valence-electron chi connectivity index (χ2n) is 5.74. The van der Waals surface area contributed by atoms with E-state index in [0.717, 1.165) is 25.6 Å². The summed E-state index contributed by atoms with van der Waals surface area (Å²) in [5.74, 6) is 0.914. The van der Waals surface area contributed by atoms with Gasteiger partial charge in [0.05, 0.1) is 0 Å². The van der Waals surface area contributed by atoms with Crippen LogP contribution >= 0.6 is 0 Å². The second kappa shape index (κ2) is 10.8. The summed E-state index contributed by atoms with van der Waals surface area (Å²) in [5, 5.41) is 0. The van der Waals surface area contributed by atoms with Crippen LogP contribution in [0.1, 0.15) is 78.1 Å². The molecule has 1 aliphatic rings. The summed E-state index contributed by atoms with van der Waals surface area (Å²) in [5.41, 5.74) is 0. The Hall–Kier alpha value is -0.0800. The minimum atomic E-state index is 0.101. The van der Waals surface area contributed by atoms with Gasteiger partial charge in [0, 0.05) is 13.2 Å². The van der Waals surface area contributed by atoms with Crippen molar-refractivity contribution in [2.75, 3.05) is 13.2 Å². The summed E-state index contributed by atoms with van der Waals surface area (Å²) in [6, 6.07) is 0. The number of unbranched alkanes of at least 4 members (excludes halogenated alkanes) is 4. The van der Waals surface area contributed by atoms with E-state index in [4.69, 9.17) is 9.47 Å². The van der Waals surface area contributed by atoms with Crippen molar-refractivity contribution in [2.45, 2.75) is 84.3 Å². The van der Waals surface area contributed by atoms with Gasteiger partial charge in [-0.25, -0.2) is 0 Å². The standard InChI is InChI=1S/C16H32O2/c1-3-15(2)11-7-5-4-6-9-13-17-16-12-8-10-14-18-16/h15-16H,3-14H2,1-2H3. The van der Waals surface area contributed by atoms with Crippen LogP contribution in [-0.4, -0.2) is 19.5 Å². The lowest BCUT2D eigenvalue weighted by molar-refractivity contribution is -0.162. The van der Waals surface area contributed by atoms with Crippen molar-refractivity contribution in [3.8, 4) is 0 Å². The predicted octanol–water partition coefficient (Wildman–Crippen LogP) is 4.92. The first-order valence-corrected chi connectivity index (χ1v) is 8.06. The lowest BCUT2D eigenvalue weighted by atomic mass is 10.0. The maximum Gasteiger partial charge on any atom is 0.157 e. The molecule has 2 heteroatoms. The molecule has 1 heterocycles. The highest BCUT2D eigenvalue weighted by Gasteiger charge is 2.13. The van der Waals surface area contributed by atoms with Crippen LogP contribution in [0.4, 0.5) is 0 Å². The molecule has 18 heavy (non-hydrogen) atoms. The van der Waals surface area contributed by atoms with Gasteiger partial charge in [0.1, 0.15) is 0 Å². The Labute approximate surface area is 113 Å².